The number of nitrogens with zero attached hydrogens (tertiary/aromatic N) is 2. The van der Waals surface area contributed by atoms with Gasteiger partial charge in [0.25, 0.3) is 0 Å². The lowest BCUT2D eigenvalue weighted by Crippen LogP contribution is -2.38. The number of rotatable bonds is 3. The van der Waals surface area contributed by atoms with Gasteiger partial charge in [-0.3, -0.25) is 4.79 Å². The Morgan fingerprint density at radius 3 is 3.05 bits per heavy atom. The molecule has 1 N–H and O–H groups in total. The highest BCUT2D eigenvalue weighted by Crippen LogP contribution is 2.33. The van der Waals surface area contributed by atoms with Crippen LogP contribution >= 0.6 is 11.6 Å². The van der Waals surface area contributed by atoms with Crippen LogP contribution in [0.2, 0.25) is 5.02 Å². The SMILES string of the molecule is CC1CCCCN1c1ccc(Cl)cc1NC(=O)CC#N. The maximum Gasteiger partial charge on any atom is 0.238 e. The predicted molar refractivity (Wildman–Crippen MR) is 81.0 cm³/mol. The third kappa shape index (κ3) is 3.43. The predicted octanol–water partition coefficient (Wildman–Crippen LogP) is 3.57. The first-order valence-corrected chi connectivity index (χ1v) is 7.22. The van der Waals surface area contributed by atoms with Crippen LogP contribution in [0.5, 0.6) is 0 Å². The molecule has 1 atom stereocenters. The number of halogens is 1. The van der Waals surface area contributed by atoms with Crippen LogP contribution in [0.25, 0.3) is 0 Å². The molecule has 0 bridgehead atoms. The van der Waals surface area contributed by atoms with E-state index in [-0.39, 0.29) is 12.3 Å². The fourth-order valence-electron chi connectivity index (χ4n) is 2.58. The van der Waals surface area contributed by atoms with Gasteiger partial charge in [0.05, 0.1) is 17.4 Å². The molecule has 1 saturated heterocycles. The quantitative estimate of drug-likeness (QED) is 0.926. The van der Waals surface area contributed by atoms with Crippen molar-refractivity contribution in [3.63, 3.8) is 0 Å². The Hall–Kier alpha value is -1.73. The average molecular weight is 292 g/mol. The topological polar surface area (TPSA) is 56.1 Å². The number of carbonyl (C=O) groups excluding carboxylic acids is 1. The molecular weight excluding hydrogens is 274 g/mol. The third-order valence-corrected chi connectivity index (χ3v) is 3.82. The second-order valence-electron chi connectivity index (χ2n) is 5.08. The Morgan fingerprint density at radius 2 is 2.35 bits per heavy atom. The molecule has 1 unspecified atom stereocenters. The van der Waals surface area contributed by atoms with E-state index in [2.05, 4.69) is 17.1 Å². The molecule has 1 fully saturated rings. The van der Waals surface area contributed by atoms with E-state index in [4.69, 9.17) is 16.9 Å². The van der Waals surface area contributed by atoms with Crippen molar-refractivity contribution in [1.29, 1.82) is 5.26 Å². The maximum atomic E-state index is 11.6. The molecule has 106 valence electrons. The highest BCUT2D eigenvalue weighted by Gasteiger charge is 2.21. The number of piperidine rings is 1. The highest BCUT2D eigenvalue weighted by molar-refractivity contribution is 6.31. The zero-order valence-electron chi connectivity index (χ0n) is 11.5. The van der Waals surface area contributed by atoms with Crippen LogP contribution in [0.4, 0.5) is 11.4 Å². The number of carbonyl (C=O) groups is 1. The normalized spacial score (nSPS) is 18.4. The molecule has 4 nitrogen and oxygen atoms in total. The molecule has 5 heteroatoms. The van der Waals surface area contributed by atoms with Crippen LogP contribution in [0.3, 0.4) is 0 Å². The van der Waals surface area contributed by atoms with Gasteiger partial charge in [-0.1, -0.05) is 11.6 Å². The third-order valence-electron chi connectivity index (χ3n) is 3.58. The van der Waals surface area contributed by atoms with E-state index < -0.39 is 0 Å². The minimum atomic E-state index is -0.305. The van der Waals surface area contributed by atoms with E-state index in [0.717, 1.165) is 25.1 Å². The molecule has 2 rings (SSSR count). The minimum absolute atomic E-state index is 0.151. The fraction of sp³-hybridized carbons (Fsp3) is 0.467. The van der Waals surface area contributed by atoms with Crippen molar-refractivity contribution in [3.8, 4) is 6.07 Å². The summed E-state index contributed by atoms with van der Waals surface area (Å²) in [6.07, 6.45) is 3.38. The van der Waals surface area contributed by atoms with E-state index in [9.17, 15) is 4.79 Å². The van der Waals surface area contributed by atoms with Crippen LogP contribution in [0.15, 0.2) is 18.2 Å². The molecule has 0 radical (unpaired) electrons. The molecule has 1 aliphatic heterocycles. The summed E-state index contributed by atoms with van der Waals surface area (Å²) in [7, 11) is 0. The summed E-state index contributed by atoms with van der Waals surface area (Å²) in [6, 6.07) is 7.80. The van der Waals surface area contributed by atoms with Crippen molar-refractivity contribution >= 4 is 28.9 Å². The van der Waals surface area contributed by atoms with Crippen LogP contribution < -0.4 is 10.2 Å². The standard InChI is InChI=1S/C15H18ClN3O/c1-11-4-2-3-9-19(11)14-6-5-12(16)10-13(14)18-15(20)7-8-17/h5-6,10-11H,2-4,7,9H2,1H3,(H,18,20). The van der Waals surface area contributed by atoms with E-state index in [1.54, 1.807) is 6.07 Å². The summed E-state index contributed by atoms with van der Waals surface area (Å²) in [4.78, 5) is 13.9. The van der Waals surface area contributed by atoms with Gasteiger partial charge in [0.15, 0.2) is 0 Å². The van der Waals surface area contributed by atoms with Crippen molar-refractivity contribution in [2.45, 2.75) is 38.6 Å². The first-order chi connectivity index (χ1) is 9.61. The summed E-state index contributed by atoms with van der Waals surface area (Å²) in [6.45, 7) is 3.17. The maximum absolute atomic E-state index is 11.6. The number of amides is 1. The number of nitriles is 1. The number of benzene rings is 1. The molecule has 1 heterocycles. The molecule has 1 aromatic rings. The van der Waals surface area contributed by atoms with Gasteiger partial charge in [-0.25, -0.2) is 0 Å². The van der Waals surface area contributed by atoms with Crippen LogP contribution in [-0.4, -0.2) is 18.5 Å². The minimum Gasteiger partial charge on any atom is -0.367 e. The lowest BCUT2D eigenvalue weighted by atomic mass is 10.0. The second kappa shape index (κ2) is 6.62. The summed E-state index contributed by atoms with van der Waals surface area (Å²) >= 11 is 6.02. The van der Waals surface area contributed by atoms with Gasteiger partial charge in [0.2, 0.25) is 5.91 Å². The van der Waals surface area contributed by atoms with Crippen molar-refractivity contribution in [1.82, 2.24) is 0 Å². The fourth-order valence-corrected chi connectivity index (χ4v) is 2.75. The second-order valence-corrected chi connectivity index (χ2v) is 5.52. The van der Waals surface area contributed by atoms with Gasteiger partial charge >= 0.3 is 0 Å². The Morgan fingerprint density at radius 1 is 1.55 bits per heavy atom. The lowest BCUT2D eigenvalue weighted by Gasteiger charge is -2.36. The summed E-state index contributed by atoms with van der Waals surface area (Å²) in [5, 5.41) is 11.9. The zero-order chi connectivity index (χ0) is 14.5. The monoisotopic (exact) mass is 291 g/mol. The Bertz CT molecular complexity index is 538. The first kappa shape index (κ1) is 14.7. The molecule has 20 heavy (non-hydrogen) atoms. The first-order valence-electron chi connectivity index (χ1n) is 6.85. The molecule has 0 aliphatic carbocycles. The Balaban J connectivity index is 2.27. The van der Waals surface area contributed by atoms with E-state index >= 15 is 0 Å². The van der Waals surface area contributed by atoms with Crippen molar-refractivity contribution < 1.29 is 4.79 Å². The largest absolute Gasteiger partial charge is 0.367 e. The number of nitrogens with one attached hydrogen (secondary N) is 1. The van der Waals surface area contributed by atoms with Gasteiger partial charge < -0.3 is 10.2 Å². The number of hydrogen-bond donors (Lipinski definition) is 1. The van der Waals surface area contributed by atoms with Gasteiger partial charge in [0, 0.05) is 17.6 Å². The van der Waals surface area contributed by atoms with Crippen molar-refractivity contribution in [2.24, 2.45) is 0 Å². The zero-order valence-corrected chi connectivity index (χ0v) is 12.3. The lowest BCUT2D eigenvalue weighted by molar-refractivity contribution is -0.115. The van der Waals surface area contributed by atoms with Gasteiger partial charge in [-0.05, 0) is 44.4 Å². The van der Waals surface area contributed by atoms with Gasteiger partial charge in [-0.15, -0.1) is 0 Å². The molecule has 1 aromatic carbocycles. The molecule has 0 saturated carbocycles. The average Bonchev–Trinajstić information content (AvgIpc) is 2.40. The van der Waals surface area contributed by atoms with Gasteiger partial charge in [-0.2, -0.15) is 5.26 Å². The van der Waals surface area contributed by atoms with Crippen LogP contribution in [0, 0.1) is 11.3 Å². The molecule has 1 aliphatic rings. The number of anilines is 2. The smallest absolute Gasteiger partial charge is 0.238 e. The molecule has 0 spiro atoms. The Kier molecular flexibility index (Phi) is 4.86. The van der Waals surface area contributed by atoms with Crippen molar-refractivity contribution in [3.05, 3.63) is 23.2 Å². The van der Waals surface area contributed by atoms with Crippen LogP contribution in [-0.2, 0) is 4.79 Å². The van der Waals surface area contributed by atoms with E-state index in [1.165, 1.54) is 6.42 Å². The van der Waals surface area contributed by atoms with Gasteiger partial charge in [0.1, 0.15) is 6.42 Å². The molecular formula is C15H18ClN3O. The molecule has 0 aromatic heterocycles. The summed E-state index contributed by atoms with van der Waals surface area (Å²) in [5.41, 5.74) is 1.67. The number of hydrogen-bond acceptors (Lipinski definition) is 3. The summed E-state index contributed by atoms with van der Waals surface area (Å²) in [5.74, 6) is -0.305. The molecule has 1 amide bonds. The summed E-state index contributed by atoms with van der Waals surface area (Å²) < 4.78 is 0. The van der Waals surface area contributed by atoms with E-state index in [0.29, 0.717) is 16.8 Å². The van der Waals surface area contributed by atoms with Crippen molar-refractivity contribution in [2.75, 3.05) is 16.8 Å². The van der Waals surface area contributed by atoms with Crippen LogP contribution in [0.1, 0.15) is 32.6 Å². The Labute approximate surface area is 124 Å². The van der Waals surface area contributed by atoms with E-state index in [1.807, 2.05) is 18.2 Å². The highest BCUT2D eigenvalue weighted by atomic mass is 35.5.